The first kappa shape index (κ1) is 18.0. The highest BCUT2D eigenvalue weighted by atomic mass is 79.9. The SMILES string of the molecule is CC1(C)C(=O)N(C2CC(C)(N3CCCC4(CC4)C3)C2)c2cc(Br)c(F)nc21. The molecule has 2 aliphatic carbocycles. The van der Waals surface area contributed by atoms with Crippen molar-refractivity contribution in [1.82, 2.24) is 9.88 Å². The number of hydrogen-bond acceptors (Lipinski definition) is 3. The van der Waals surface area contributed by atoms with Crippen molar-refractivity contribution in [2.24, 2.45) is 5.41 Å². The molecule has 1 amide bonds. The molecule has 0 aromatic carbocycles. The van der Waals surface area contributed by atoms with E-state index < -0.39 is 11.4 Å². The van der Waals surface area contributed by atoms with Crippen LogP contribution >= 0.6 is 15.9 Å². The summed E-state index contributed by atoms with van der Waals surface area (Å²) in [4.78, 5) is 21.9. The predicted molar refractivity (Wildman–Crippen MR) is 106 cm³/mol. The summed E-state index contributed by atoms with van der Waals surface area (Å²) < 4.78 is 14.3. The zero-order valence-corrected chi connectivity index (χ0v) is 17.9. The van der Waals surface area contributed by atoms with E-state index in [1.807, 2.05) is 18.7 Å². The average molecular weight is 436 g/mol. The minimum Gasteiger partial charge on any atom is -0.307 e. The standard InChI is InChI=1S/C21H27BrFN3O/c1-19(2)16-15(9-14(22)17(23)24-16)26(18(19)27)13-10-20(3,11-13)25-8-4-5-21(12-25)6-7-21/h9,13H,4-8,10-12H2,1-3H3. The van der Waals surface area contributed by atoms with Crippen molar-refractivity contribution in [3.8, 4) is 0 Å². The molecular formula is C21H27BrFN3O. The minimum absolute atomic E-state index is 0.0480. The van der Waals surface area contributed by atoms with Crippen molar-refractivity contribution >= 4 is 27.5 Å². The van der Waals surface area contributed by atoms with Crippen molar-refractivity contribution in [2.75, 3.05) is 18.0 Å². The molecule has 1 aromatic heterocycles. The number of piperidine rings is 1. The van der Waals surface area contributed by atoms with Gasteiger partial charge >= 0.3 is 0 Å². The molecule has 0 unspecified atom stereocenters. The second-order valence-electron chi connectivity index (χ2n) is 10.0. The number of rotatable bonds is 2. The number of halogens is 2. The third-order valence-electron chi connectivity index (χ3n) is 7.62. The number of pyridine rings is 1. The molecule has 2 aliphatic heterocycles. The average Bonchev–Trinajstić information content (AvgIpc) is 3.30. The molecule has 3 fully saturated rings. The van der Waals surface area contributed by atoms with Crippen molar-refractivity contribution < 1.29 is 9.18 Å². The summed E-state index contributed by atoms with van der Waals surface area (Å²) in [5, 5.41) is 0. The quantitative estimate of drug-likeness (QED) is 0.645. The topological polar surface area (TPSA) is 36.4 Å². The molecule has 1 spiro atoms. The Balaban J connectivity index is 1.39. The highest BCUT2D eigenvalue weighted by molar-refractivity contribution is 9.10. The second-order valence-corrected chi connectivity index (χ2v) is 10.9. The van der Waals surface area contributed by atoms with Gasteiger partial charge in [0, 0.05) is 18.1 Å². The van der Waals surface area contributed by atoms with Gasteiger partial charge in [-0.15, -0.1) is 0 Å². The lowest BCUT2D eigenvalue weighted by Crippen LogP contribution is -2.64. The van der Waals surface area contributed by atoms with Crippen LogP contribution in [0.2, 0.25) is 0 Å². The van der Waals surface area contributed by atoms with E-state index in [0.29, 0.717) is 15.6 Å². The molecule has 4 aliphatic rings. The Hall–Kier alpha value is -1.01. The number of likely N-dealkylation sites (tertiary alicyclic amines) is 1. The molecule has 0 radical (unpaired) electrons. The summed E-state index contributed by atoms with van der Waals surface area (Å²) in [5.74, 6) is -0.496. The van der Waals surface area contributed by atoms with Crippen molar-refractivity contribution in [3.05, 3.63) is 22.2 Å². The van der Waals surface area contributed by atoms with Gasteiger partial charge in [0.25, 0.3) is 0 Å². The van der Waals surface area contributed by atoms with E-state index in [4.69, 9.17) is 0 Å². The number of carbonyl (C=O) groups excluding carboxylic acids is 1. The van der Waals surface area contributed by atoms with Crippen LogP contribution in [-0.2, 0) is 10.2 Å². The van der Waals surface area contributed by atoms with Gasteiger partial charge in [0.2, 0.25) is 11.9 Å². The minimum atomic E-state index is -0.772. The number of carbonyl (C=O) groups is 1. The third-order valence-corrected chi connectivity index (χ3v) is 8.17. The monoisotopic (exact) mass is 435 g/mol. The molecule has 1 aromatic rings. The number of hydrogen-bond donors (Lipinski definition) is 0. The Labute approximate surface area is 168 Å². The molecule has 6 heteroatoms. The number of aromatic nitrogens is 1. The lowest BCUT2D eigenvalue weighted by atomic mass is 9.70. The molecule has 3 heterocycles. The van der Waals surface area contributed by atoms with Crippen LogP contribution in [0, 0.1) is 11.4 Å². The van der Waals surface area contributed by atoms with Crippen LogP contribution in [0.15, 0.2) is 10.5 Å². The maximum absolute atomic E-state index is 14.0. The van der Waals surface area contributed by atoms with Crippen molar-refractivity contribution in [2.45, 2.75) is 76.3 Å². The van der Waals surface area contributed by atoms with Crippen LogP contribution in [0.1, 0.15) is 65.0 Å². The van der Waals surface area contributed by atoms with Crippen LogP contribution in [0.25, 0.3) is 0 Å². The first-order chi connectivity index (χ1) is 12.7. The lowest BCUT2D eigenvalue weighted by molar-refractivity contribution is -0.124. The molecule has 0 bridgehead atoms. The van der Waals surface area contributed by atoms with Crippen molar-refractivity contribution in [3.63, 3.8) is 0 Å². The zero-order chi connectivity index (χ0) is 19.2. The predicted octanol–water partition coefficient (Wildman–Crippen LogP) is 4.40. The van der Waals surface area contributed by atoms with Gasteiger partial charge in [-0.1, -0.05) is 0 Å². The summed E-state index contributed by atoms with van der Waals surface area (Å²) >= 11 is 3.24. The van der Waals surface area contributed by atoms with E-state index in [9.17, 15) is 9.18 Å². The van der Waals surface area contributed by atoms with Gasteiger partial charge in [-0.25, -0.2) is 4.98 Å². The van der Waals surface area contributed by atoms with E-state index in [-0.39, 0.29) is 17.5 Å². The molecule has 5 rings (SSSR count). The van der Waals surface area contributed by atoms with Gasteiger partial charge in [0.1, 0.15) is 0 Å². The Morgan fingerprint density at radius 1 is 1.22 bits per heavy atom. The lowest BCUT2D eigenvalue weighted by Gasteiger charge is -2.56. The first-order valence-corrected chi connectivity index (χ1v) is 10.9. The molecule has 2 saturated carbocycles. The molecule has 4 nitrogen and oxygen atoms in total. The van der Waals surface area contributed by atoms with Gasteiger partial charge in [0.15, 0.2) is 0 Å². The number of anilines is 1. The van der Waals surface area contributed by atoms with Crippen LogP contribution in [0.5, 0.6) is 0 Å². The van der Waals surface area contributed by atoms with Crippen LogP contribution in [0.4, 0.5) is 10.1 Å². The molecule has 0 atom stereocenters. The highest BCUT2D eigenvalue weighted by Crippen LogP contribution is 2.56. The van der Waals surface area contributed by atoms with E-state index in [1.165, 1.54) is 38.8 Å². The third kappa shape index (κ3) is 2.55. The number of nitrogens with zero attached hydrogens (tertiary/aromatic N) is 3. The second kappa shape index (κ2) is 5.53. The number of fused-ring (bicyclic) bond motifs is 1. The van der Waals surface area contributed by atoms with E-state index in [0.717, 1.165) is 18.5 Å². The summed E-state index contributed by atoms with van der Waals surface area (Å²) in [6.45, 7) is 8.47. The fourth-order valence-electron chi connectivity index (χ4n) is 5.62. The fourth-order valence-corrected chi connectivity index (χ4v) is 5.93. The van der Waals surface area contributed by atoms with Gasteiger partial charge < -0.3 is 4.90 Å². The first-order valence-electron chi connectivity index (χ1n) is 10.1. The van der Waals surface area contributed by atoms with Gasteiger partial charge in [-0.3, -0.25) is 9.69 Å². The smallest absolute Gasteiger partial charge is 0.239 e. The highest BCUT2D eigenvalue weighted by Gasteiger charge is 2.57. The molecular weight excluding hydrogens is 409 g/mol. The van der Waals surface area contributed by atoms with E-state index in [1.54, 1.807) is 6.07 Å². The van der Waals surface area contributed by atoms with Gasteiger partial charge in [-0.2, -0.15) is 4.39 Å². The van der Waals surface area contributed by atoms with Gasteiger partial charge in [0.05, 0.1) is 21.3 Å². The Bertz CT molecular complexity index is 829. The van der Waals surface area contributed by atoms with E-state index >= 15 is 0 Å². The Kier molecular flexibility index (Phi) is 3.70. The van der Waals surface area contributed by atoms with E-state index in [2.05, 4.69) is 32.7 Å². The molecule has 146 valence electrons. The van der Waals surface area contributed by atoms with Gasteiger partial charge in [-0.05, 0) is 93.3 Å². The Morgan fingerprint density at radius 3 is 2.59 bits per heavy atom. The maximum Gasteiger partial charge on any atom is 0.239 e. The number of amides is 1. The van der Waals surface area contributed by atoms with Crippen LogP contribution in [0.3, 0.4) is 0 Å². The van der Waals surface area contributed by atoms with Crippen LogP contribution < -0.4 is 4.90 Å². The Morgan fingerprint density at radius 2 is 1.93 bits per heavy atom. The molecule has 27 heavy (non-hydrogen) atoms. The normalized spacial score (nSPS) is 33.9. The fraction of sp³-hybridized carbons (Fsp3) is 0.714. The zero-order valence-electron chi connectivity index (χ0n) is 16.3. The summed E-state index contributed by atoms with van der Waals surface area (Å²) in [5.41, 5.74) is 1.36. The van der Waals surface area contributed by atoms with Crippen LogP contribution in [-0.4, -0.2) is 40.5 Å². The largest absolute Gasteiger partial charge is 0.307 e. The van der Waals surface area contributed by atoms with Crippen molar-refractivity contribution in [1.29, 1.82) is 0 Å². The molecule has 1 saturated heterocycles. The summed E-state index contributed by atoms with van der Waals surface area (Å²) in [7, 11) is 0. The maximum atomic E-state index is 14.0. The summed E-state index contributed by atoms with van der Waals surface area (Å²) in [6.07, 6.45) is 7.44. The summed E-state index contributed by atoms with van der Waals surface area (Å²) in [6, 6.07) is 1.92. The molecule has 0 N–H and O–H groups in total.